The van der Waals surface area contributed by atoms with Crippen molar-refractivity contribution in [2.24, 2.45) is 0 Å². The standard InChI is InChI=1S/C20H22ClFN2O/c1-13-9-14(2)20(18(21)10-13)23-19(25)12-24(17-7-8-17)11-15-3-5-16(22)6-4-15/h3-6,9-10,17H,7-8,11-12H2,1-2H3,(H,23,25). The number of halogens is 2. The number of nitrogens with one attached hydrogen (secondary N) is 1. The van der Waals surface area contributed by atoms with E-state index in [-0.39, 0.29) is 11.7 Å². The molecule has 3 rings (SSSR count). The van der Waals surface area contributed by atoms with Gasteiger partial charge in [0.15, 0.2) is 0 Å². The number of hydrogen-bond donors (Lipinski definition) is 1. The zero-order valence-electron chi connectivity index (χ0n) is 14.5. The Hall–Kier alpha value is -1.91. The molecule has 0 saturated heterocycles. The molecular formula is C20H22ClFN2O. The highest BCUT2D eigenvalue weighted by atomic mass is 35.5. The first-order chi connectivity index (χ1) is 11.9. The third-order valence-electron chi connectivity index (χ3n) is 4.41. The molecule has 1 aliphatic carbocycles. The van der Waals surface area contributed by atoms with E-state index in [2.05, 4.69) is 10.2 Å². The third kappa shape index (κ3) is 4.80. The van der Waals surface area contributed by atoms with Crippen molar-refractivity contribution in [3.05, 3.63) is 63.9 Å². The highest BCUT2D eigenvalue weighted by Crippen LogP contribution is 2.30. The van der Waals surface area contributed by atoms with Gasteiger partial charge in [-0.05, 0) is 61.6 Å². The summed E-state index contributed by atoms with van der Waals surface area (Å²) in [5.74, 6) is -0.327. The van der Waals surface area contributed by atoms with Crippen LogP contribution in [0.2, 0.25) is 5.02 Å². The average molecular weight is 361 g/mol. The largest absolute Gasteiger partial charge is 0.323 e. The maximum Gasteiger partial charge on any atom is 0.238 e. The lowest BCUT2D eigenvalue weighted by Gasteiger charge is -2.22. The van der Waals surface area contributed by atoms with Gasteiger partial charge in [0.25, 0.3) is 0 Å². The van der Waals surface area contributed by atoms with Gasteiger partial charge in [-0.3, -0.25) is 9.69 Å². The van der Waals surface area contributed by atoms with Crippen LogP contribution in [0, 0.1) is 19.7 Å². The van der Waals surface area contributed by atoms with Gasteiger partial charge in [-0.25, -0.2) is 4.39 Å². The molecule has 0 atom stereocenters. The van der Waals surface area contributed by atoms with Gasteiger partial charge in [-0.2, -0.15) is 0 Å². The predicted octanol–water partition coefficient (Wildman–Crippen LogP) is 4.70. The molecule has 0 aromatic heterocycles. The van der Waals surface area contributed by atoms with Crippen molar-refractivity contribution in [2.45, 2.75) is 39.3 Å². The SMILES string of the molecule is Cc1cc(C)c(NC(=O)CN(Cc2ccc(F)cc2)C2CC2)c(Cl)c1. The van der Waals surface area contributed by atoms with E-state index in [9.17, 15) is 9.18 Å². The number of aryl methyl sites for hydroxylation is 2. The topological polar surface area (TPSA) is 32.3 Å². The summed E-state index contributed by atoms with van der Waals surface area (Å²) in [6.45, 7) is 4.85. The third-order valence-corrected chi connectivity index (χ3v) is 4.70. The summed E-state index contributed by atoms with van der Waals surface area (Å²) in [5, 5.41) is 3.50. The van der Waals surface area contributed by atoms with Crippen LogP contribution in [0.25, 0.3) is 0 Å². The van der Waals surface area contributed by atoms with Crippen LogP contribution in [0.15, 0.2) is 36.4 Å². The van der Waals surface area contributed by atoms with Gasteiger partial charge in [0.05, 0.1) is 17.3 Å². The Kier molecular flexibility index (Phi) is 5.40. The van der Waals surface area contributed by atoms with Crippen LogP contribution in [0.4, 0.5) is 10.1 Å². The van der Waals surface area contributed by atoms with Crippen molar-refractivity contribution < 1.29 is 9.18 Å². The van der Waals surface area contributed by atoms with Crippen LogP contribution < -0.4 is 5.32 Å². The predicted molar refractivity (Wildman–Crippen MR) is 99.4 cm³/mol. The first-order valence-electron chi connectivity index (χ1n) is 8.47. The highest BCUT2D eigenvalue weighted by Gasteiger charge is 2.30. The van der Waals surface area contributed by atoms with Gasteiger partial charge in [0.1, 0.15) is 5.82 Å². The van der Waals surface area contributed by atoms with E-state index in [0.29, 0.717) is 29.8 Å². The van der Waals surface area contributed by atoms with E-state index < -0.39 is 0 Å². The average Bonchev–Trinajstić information content (AvgIpc) is 3.37. The molecule has 2 aromatic carbocycles. The van der Waals surface area contributed by atoms with E-state index in [1.165, 1.54) is 12.1 Å². The zero-order chi connectivity index (χ0) is 18.0. The maximum absolute atomic E-state index is 13.1. The number of benzene rings is 2. The van der Waals surface area contributed by atoms with Crippen molar-refractivity contribution in [3.8, 4) is 0 Å². The second-order valence-corrected chi connectivity index (χ2v) is 7.16. The van der Waals surface area contributed by atoms with Crippen molar-refractivity contribution in [1.29, 1.82) is 0 Å². The second-order valence-electron chi connectivity index (χ2n) is 6.75. The molecule has 2 aromatic rings. The number of nitrogens with zero attached hydrogens (tertiary/aromatic N) is 1. The summed E-state index contributed by atoms with van der Waals surface area (Å²) in [6, 6.07) is 10.7. The Balaban J connectivity index is 1.66. The lowest BCUT2D eigenvalue weighted by atomic mass is 10.1. The molecule has 1 N–H and O–H groups in total. The van der Waals surface area contributed by atoms with Crippen molar-refractivity contribution in [2.75, 3.05) is 11.9 Å². The Bertz CT molecular complexity index is 749. The van der Waals surface area contributed by atoms with Gasteiger partial charge in [0.2, 0.25) is 5.91 Å². The Morgan fingerprint density at radius 2 is 1.92 bits per heavy atom. The van der Waals surface area contributed by atoms with Crippen LogP contribution in [-0.4, -0.2) is 23.4 Å². The van der Waals surface area contributed by atoms with E-state index >= 15 is 0 Å². The number of carbonyl (C=O) groups is 1. The number of amides is 1. The zero-order valence-corrected chi connectivity index (χ0v) is 15.2. The molecule has 5 heteroatoms. The normalized spacial score (nSPS) is 14.0. The molecular weight excluding hydrogens is 339 g/mol. The summed E-state index contributed by atoms with van der Waals surface area (Å²) >= 11 is 6.27. The van der Waals surface area contributed by atoms with Crippen molar-refractivity contribution in [3.63, 3.8) is 0 Å². The summed E-state index contributed by atoms with van der Waals surface area (Å²) in [7, 11) is 0. The maximum atomic E-state index is 13.1. The molecule has 1 aliphatic rings. The fourth-order valence-electron chi connectivity index (χ4n) is 3.02. The Morgan fingerprint density at radius 1 is 1.24 bits per heavy atom. The number of rotatable bonds is 6. The lowest BCUT2D eigenvalue weighted by Crippen LogP contribution is -2.34. The first kappa shape index (κ1) is 17.9. The first-order valence-corrected chi connectivity index (χ1v) is 8.85. The minimum atomic E-state index is -0.246. The van der Waals surface area contributed by atoms with Crippen LogP contribution in [0.1, 0.15) is 29.5 Å². The van der Waals surface area contributed by atoms with E-state index in [1.807, 2.05) is 26.0 Å². The van der Waals surface area contributed by atoms with Gasteiger partial charge < -0.3 is 5.32 Å². The Morgan fingerprint density at radius 3 is 2.52 bits per heavy atom. The van der Waals surface area contributed by atoms with Gasteiger partial charge >= 0.3 is 0 Å². The quantitative estimate of drug-likeness (QED) is 0.809. The van der Waals surface area contributed by atoms with Gasteiger partial charge in [-0.1, -0.05) is 29.8 Å². The summed E-state index contributed by atoms with van der Waals surface area (Å²) < 4.78 is 13.1. The summed E-state index contributed by atoms with van der Waals surface area (Å²) in [6.07, 6.45) is 2.19. The second kappa shape index (κ2) is 7.54. The minimum Gasteiger partial charge on any atom is -0.323 e. The lowest BCUT2D eigenvalue weighted by molar-refractivity contribution is -0.117. The molecule has 25 heavy (non-hydrogen) atoms. The highest BCUT2D eigenvalue weighted by molar-refractivity contribution is 6.34. The molecule has 0 aliphatic heterocycles. The number of anilines is 1. The van der Waals surface area contributed by atoms with Gasteiger partial charge in [-0.15, -0.1) is 0 Å². The molecule has 1 fully saturated rings. The molecule has 0 bridgehead atoms. The molecule has 1 saturated carbocycles. The fraction of sp³-hybridized carbons (Fsp3) is 0.350. The Labute approximate surface area is 152 Å². The molecule has 0 spiro atoms. The van der Waals surface area contributed by atoms with Crippen LogP contribution >= 0.6 is 11.6 Å². The molecule has 0 unspecified atom stereocenters. The molecule has 3 nitrogen and oxygen atoms in total. The van der Waals surface area contributed by atoms with Crippen molar-refractivity contribution >= 4 is 23.2 Å². The summed E-state index contributed by atoms with van der Waals surface area (Å²) in [5.41, 5.74) is 3.70. The van der Waals surface area contributed by atoms with Gasteiger partial charge in [0, 0.05) is 12.6 Å². The fourth-order valence-corrected chi connectivity index (χ4v) is 3.38. The molecule has 0 heterocycles. The van der Waals surface area contributed by atoms with Crippen LogP contribution in [0.3, 0.4) is 0 Å². The number of hydrogen-bond acceptors (Lipinski definition) is 2. The van der Waals surface area contributed by atoms with E-state index in [4.69, 9.17) is 11.6 Å². The number of carbonyl (C=O) groups excluding carboxylic acids is 1. The van der Waals surface area contributed by atoms with E-state index in [0.717, 1.165) is 29.5 Å². The smallest absolute Gasteiger partial charge is 0.238 e. The monoisotopic (exact) mass is 360 g/mol. The molecule has 1 amide bonds. The summed E-state index contributed by atoms with van der Waals surface area (Å²) in [4.78, 5) is 14.7. The minimum absolute atomic E-state index is 0.0807. The van der Waals surface area contributed by atoms with Crippen molar-refractivity contribution in [1.82, 2.24) is 4.90 Å². The van der Waals surface area contributed by atoms with Crippen LogP contribution in [-0.2, 0) is 11.3 Å². The van der Waals surface area contributed by atoms with Crippen LogP contribution in [0.5, 0.6) is 0 Å². The van der Waals surface area contributed by atoms with E-state index in [1.54, 1.807) is 12.1 Å². The molecule has 132 valence electrons. The molecule has 0 radical (unpaired) electrons.